The lowest BCUT2D eigenvalue weighted by Crippen LogP contribution is -2.13. The zero-order valence-corrected chi connectivity index (χ0v) is 14.6. The largest absolute Gasteiger partial charge is 0.493 e. The third-order valence-corrected chi connectivity index (χ3v) is 3.49. The van der Waals surface area contributed by atoms with Crippen LogP contribution in [0, 0.1) is 0 Å². The summed E-state index contributed by atoms with van der Waals surface area (Å²) in [4.78, 5) is 0. The number of rotatable bonds is 11. The third-order valence-electron chi connectivity index (χ3n) is 3.49. The summed E-state index contributed by atoms with van der Waals surface area (Å²) in [6.07, 6.45) is 0.982. The summed E-state index contributed by atoms with van der Waals surface area (Å²) in [7, 11) is 0. The highest BCUT2D eigenvalue weighted by Crippen LogP contribution is 2.25. The first-order chi connectivity index (χ1) is 11.8. The Labute approximate surface area is 144 Å². The Morgan fingerprint density at radius 3 is 2.54 bits per heavy atom. The van der Waals surface area contributed by atoms with Crippen LogP contribution in [-0.4, -0.2) is 19.9 Å². The minimum Gasteiger partial charge on any atom is -0.493 e. The first kappa shape index (κ1) is 18.3. The second-order valence-corrected chi connectivity index (χ2v) is 5.49. The van der Waals surface area contributed by atoms with Crippen molar-refractivity contribution in [1.82, 2.24) is 5.32 Å². The fourth-order valence-corrected chi connectivity index (χ4v) is 2.22. The van der Waals surface area contributed by atoms with Crippen LogP contribution in [0.15, 0.2) is 48.5 Å². The Morgan fingerprint density at radius 2 is 1.79 bits per heavy atom. The normalized spacial score (nSPS) is 10.6. The van der Waals surface area contributed by atoms with E-state index in [1.807, 2.05) is 48.5 Å². The van der Waals surface area contributed by atoms with Gasteiger partial charge in [0.2, 0.25) is 0 Å². The molecule has 130 valence electrons. The van der Waals surface area contributed by atoms with E-state index in [9.17, 15) is 0 Å². The summed E-state index contributed by atoms with van der Waals surface area (Å²) < 4.78 is 17.1. The van der Waals surface area contributed by atoms with Gasteiger partial charge in [-0.2, -0.15) is 0 Å². The van der Waals surface area contributed by atoms with Crippen molar-refractivity contribution >= 4 is 0 Å². The molecule has 0 aliphatic rings. The Bertz CT molecular complexity index is 587. The second kappa shape index (κ2) is 10.7. The molecule has 0 fully saturated rings. The third kappa shape index (κ3) is 6.22. The summed E-state index contributed by atoms with van der Waals surface area (Å²) in [6, 6.07) is 16.0. The van der Waals surface area contributed by atoms with Crippen LogP contribution in [0.3, 0.4) is 0 Å². The van der Waals surface area contributed by atoms with Gasteiger partial charge in [-0.05, 0) is 24.6 Å². The molecular weight excluding hydrogens is 302 g/mol. The van der Waals surface area contributed by atoms with E-state index in [1.165, 1.54) is 0 Å². The van der Waals surface area contributed by atoms with Gasteiger partial charge >= 0.3 is 0 Å². The average molecular weight is 329 g/mol. The van der Waals surface area contributed by atoms with Crippen LogP contribution in [0.4, 0.5) is 0 Å². The molecule has 0 saturated heterocycles. The smallest absolute Gasteiger partial charge is 0.189 e. The lowest BCUT2D eigenvalue weighted by molar-refractivity contribution is 0.00438. The SMILES string of the molecule is CCCOc1ccc(CNCC)c(OCOCc2ccccc2)c1. The first-order valence-corrected chi connectivity index (χ1v) is 8.54. The molecule has 2 aromatic rings. The molecule has 0 unspecified atom stereocenters. The van der Waals surface area contributed by atoms with E-state index >= 15 is 0 Å². The molecule has 0 amide bonds. The van der Waals surface area contributed by atoms with Crippen LogP contribution in [0.25, 0.3) is 0 Å². The molecule has 0 aromatic heterocycles. The van der Waals surface area contributed by atoms with Crippen LogP contribution < -0.4 is 14.8 Å². The molecule has 1 N–H and O–H groups in total. The minimum absolute atomic E-state index is 0.214. The topological polar surface area (TPSA) is 39.7 Å². The second-order valence-electron chi connectivity index (χ2n) is 5.49. The number of benzene rings is 2. The number of hydrogen-bond acceptors (Lipinski definition) is 4. The zero-order chi connectivity index (χ0) is 17.0. The molecule has 0 radical (unpaired) electrons. The monoisotopic (exact) mass is 329 g/mol. The van der Waals surface area contributed by atoms with E-state index in [-0.39, 0.29) is 6.79 Å². The van der Waals surface area contributed by atoms with E-state index in [2.05, 4.69) is 19.2 Å². The van der Waals surface area contributed by atoms with Crippen molar-refractivity contribution < 1.29 is 14.2 Å². The van der Waals surface area contributed by atoms with Gasteiger partial charge in [-0.25, -0.2) is 0 Å². The van der Waals surface area contributed by atoms with Crippen molar-refractivity contribution in [1.29, 1.82) is 0 Å². The van der Waals surface area contributed by atoms with Gasteiger partial charge in [0.05, 0.1) is 13.2 Å². The fourth-order valence-electron chi connectivity index (χ4n) is 2.22. The van der Waals surface area contributed by atoms with Crippen molar-refractivity contribution in [3.05, 3.63) is 59.7 Å². The maximum absolute atomic E-state index is 5.83. The molecule has 4 heteroatoms. The molecule has 0 atom stereocenters. The van der Waals surface area contributed by atoms with Gasteiger partial charge in [0.1, 0.15) is 11.5 Å². The summed E-state index contributed by atoms with van der Waals surface area (Å²) in [5, 5.41) is 3.32. The molecular formula is C20H27NO3. The van der Waals surface area contributed by atoms with Gasteiger partial charge in [0, 0.05) is 18.2 Å². The first-order valence-electron chi connectivity index (χ1n) is 8.54. The Balaban J connectivity index is 1.91. The standard InChI is InChI=1S/C20H27NO3/c1-3-12-23-19-11-10-18(14-21-4-2)20(13-19)24-16-22-15-17-8-6-5-7-9-17/h5-11,13,21H,3-4,12,14-16H2,1-2H3. The van der Waals surface area contributed by atoms with E-state index in [1.54, 1.807) is 0 Å². The van der Waals surface area contributed by atoms with Crippen molar-refractivity contribution in [2.75, 3.05) is 19.9 Å². The quantitative estimate of drug-likeness (QED) is 0.497. The molecule has 0 heterocycles. The lowest BCUT2D eigenvalue weighted by atomic mass is 10.2. The van der Waals surface area contributed by atoms with Gasteiger partial charge < -0.3 is 19.5 Å². The van der Waals surface area contributed by atoms with Crippen molar-refractivity contribution in [2.45, 2.75) is 33.4 Å². The number of nitrogens with one attached hydrogen (secondary N) is 1. The van der Waals surface area contributed by atoms with Gasteiger partial charge in [-0.1, -0.05) is 50.2 Å². The van der Waals surface area contributed by atoms with Crippen molar-refractivity contribution in [2.24, 2.45) is 0 Å². The Kier molecular flexibility index (Phi) is 8.15. The molecule has 0 spiro atoms. The Hall–Kier alpha value is -2.04. The average Bonchev–Trinajstić information content (AvgIpc) is 2.63. The molecule has 4 nitrogen and oxygen atoms in total. The van der Waals surface area contributed by atoms with E-state index in [0.29, 0.717) is 13.2 Å². The summed E-state index contributed by atoms with van der Waals surface area (Å²) in [6.45, 7) is 7.31. The van der Waals surface area contributed by atoms with Crippen LogP contribution in [0.5, 0.6) is 11.5 Å². The van der Waals surface area contributed by atoms with E-state index in [0.717, 1.165) is 42.1 Å². The highest BCUT2D eigenvalue weighted by Gasteiger charge is 2.06. The van der Waals surface area contributed by atoms with Gasteiger partial charge in [0.25, 0.3) is 0 Å². The highest BCUT2D eigenvalue weighted by molar-refractivity contribution is 5.40. The van der Waals surface area contributed by atoms with Crippen LogP contribution in [0.2, 0.25) is 0 Å². The number of ether oxygens (including phenoxy) is 3. The summed E-state index contributed by atoms with van der Waals surface area (Å²) >= 11 is 0. The molecule has 2 aromatic carbocycles. The zero-order valence-electron chi connectivity index (χ0n) is 14.6. The van der Waals surface area contributed by atoms with Crippen LogP contribution in [0.1, 0.15) is 31.4 Å². The molecule has 24 heavy (non-hydrogen) atoms. The maximum atomic E-state index is 5.83. The van der Waals surface area contributed by atoms with E-state index in [4.69, 9.17) is 14.2 Å². The van der Waals surface area contributed by atoms with Gasteiger partial charge in [-0.3, -0.25) is 0 Å². The molecule has 2 rings (SSSR count). The van der Waals surface area contributed by atoms with Crippen LogP contribution >= 0.6 is 0 Å². The molecule has 0 aliphatic heterocycles. The van der Waals surface area contributed by atoms with Crippen LogP contribution in [-0.2, 0) is 17.9 Å². The predicted molar refractivity (Wildman–Crippen MR) is 96.3 cm³/mol. The summed E-state index contributed by atoms with van der Waals surface area (Å²) in [5.41, 5.74) is 2.23. The van der Waals surface area contributed by atoms with E-state index < -0.39 is 0 Å². The lowest BCUT2D eigenvalue weighted by Gasteiger charge is -2.14. The molecule has 0 saturated carbocycles. The Morgan fingerprint density at radius 1 is 0.958 bits per heavy atom. The van der Waals surface area contributed by atoms with Gasteiger partial charge in [-0.15, -0.1) is 0 Å². The molecule has 0 aliphatic carbocycles. The maximum Gasteiger partial charge on any atom is 0.189 e. The van der Waals surface area contributed by atoms with Crippen molar-refractivity contribution in [3.8, 4) is 11.5 Å². The summed E-state index contributed by atoms with van der Waals surface area (Å²) in [5.74, 6) is 1.63. The molecule has 0 bridgehead atoms. The highest BCUT2D eigenvalue weighted by atomic mass is 16.7. The fraction of sp³-hybridized carbons (Fsp3) is 0.400. The number of hydrogen-bond donors (Lipinski definition) is 1. The van der Waals surface area contributed by atoms with Gasteiger partial charge in [0.15, 0.2) is 6.79 Å². The predicted octanol–water partition coefficient (Wildman–Crippen LogP) is 4.14. The van der Waals surface area contributed by atoms with Crippen molar-refractivity contribution in [3.63, 3.8) is 0 Å². The minimum atomic E-state index is 0.214.